The van der Waals surface area contributed by atoms with E-state index in [9.17, 15) is 9.59 Å². The minimum Gasteiger partial charge on any atom is -0.492 e. The highest BCUT2D eigenvalue weighted by Gasteiger charge is 2.34. The summed E-state index contributed by atoms with van der Waals surface area (Å²) in [6.07, 6.45) is 0.520. The summed E-state index contributed by atoms with van der Waals surface area (Å²) in [7, 11) is 0. The Labute approximate surface area is 187 Å². The van der Waals surface area contributed by atoms with Gasteiger partial charge in [-0.05, 0) is 58.7 Å². The van der Waals surface area contributed by atoms with E-state index >= 15 is 0 Å². The number of imide groups is 1. The summed E-state index contributed by atoms with van der Waals surface area (Å²) >= 11 is 3.56. The zero-order valence-electron chi connectivity index (χ0n) is 16.5. The zero-order chi connectivity index (χ0) is 21.4. The van der Waals surface area contributed by atoms with Crippen LogP contribution in [0.4, 0.5) is 0 Å². The molecule has 2 heterocycles. The van der Waals surface area contributed by atoms with Crippen LogP contribution < -0.4 is 4.74 Å². The molecule has 154 valence electrons. The van der Waals surface area contributed by atoms with E-state index in [4.69, 9.17) is 4.74 Å². The van der Waals surface area contributed by atoms with Crippen molar-refractivity contribution in [3.8, 4) is 17.1 Å². The molecule has 5 rings (SSSR count). The van der Waals surface area contributed by atoms with E-state index in [1.807, 2.05) is 42.5 Å². The number of fused-ring (bicyclic) bond motifs is 2. The van der Waals surface area contributed by atoms with Crippen molar-refractivity contribution < 1.29 is 14.3 Å². The summed E-state index contributed by atoms with van der Waals surface area (Å²) < 4.78 is 6.88. The van der Waals surface area contributed by atoms with Crippen LogP contribution in [0.25, 0.3) is 22.4 Å². The van der Waals surface area contributed by atoms with Gasteiger partial charge in [-0.25, -0.2) is 4.98 Å². The molecule has 0 saturated heterocycles. The molecule has 0 spiro atoms. The molecule has 0 atom stereocenters. The van der Waals surface area contributed by atoms with E-state index in [1.165, 1.54) is 4.90 Å². The lowest BCUT2D eigenvalue weighted by molar-refractivity contribution is 0.0646. The highest BCUT2D eigenvalue weighted by atomic mass is 79.9. The SMILES string of the molecule is O=C1c2ccccc2C(=O)N1CCCOc1c(Br)cccc1-c1nc2ccccc2[nH]1. The Balaban J connectivity index is 1.29. The van der Waals surface area contributed by atoms with Gasteiger partial charge in [0.15, 0.2) is 0 Å². The molecular weight excluding hydrogens is 458 g/mol. The highest BCUT2D eigenvalue weighted by molar-refractivity contribution is 9.10. The van der Waals surface area contributed by atoms with E-state index in [2.05, 4.69) is 25.9 Å². The van der Waals surface area contributed by atoms with Gasteiger partial charge >= 0.3 is 0 Å². The highest BCUT2D eigenvalue weighted by Crippen LogP contribution is 2.36. The standard InChI is InChI=1S/C24H18BrN3O3/c25-18-10-5-9-17(22-26-19-11-3-4-12-20(19)27-22)21(18)31-14-6-13-28-23(29)15-7-1-2-8-16(15)24(28)30/h1-5,7-12H,6,13-14H2,(H,26,27). The molecule has 3 aromatic carbocycles. The lowest BCUT2D eigenvalue weighted by Crippen LogP contribution is -2.31. The lowest BCUT2D eigenvalue weighted by Gasteiger charge is -2.15. The molecule has 0 fully saturated rings. The molecule has 1 N–H and O–H groups in total. The third-order valence-corrected chi connectivity index (χ3v) is 5.89. The van der Waals surface area contributed by atoms with Crippen molar-refractivity contribution in [1.82, 2.24) is 14.9 Å². The van der Waals surface area contributed by atoms with Crippen molar-refractivity contribution in [3.05, 3.63) is 82.3 Å². The Bertz CT molecular complexity index is 1250. The molecule has 7 heteroatoms. The lowest BCUT2D eigenvalue weighted by atomic mass is 10.1. The molecule has 0 bridgehead atoms. The maximum absolute atomic E-state index is 12.5. The number of aromatic nitrogens is 2. The van der Waals surface area contributed by atoms with Gasteiger partial charge in [0.05, 0.1) is 38.8 Å². The molecule has 6 nitrogen and oxygen atoms in total. The van der Waals surface area contributed by atoms with Gasteiger partial charge < -0.3 is 9.72 Å². The number of halogens is 1. The second-order valence-corrected chi connectivity index (χ2v) is 8.08. The molecule has 0 aliphatic carbocycles. The van der Waals surface area contributed by atoms with E-state index in [1.54, 1.807) is 24.3 Å². The van der Waals surface area contributed by atoms with Crippen molar-refractivity contribution >= 4 is 38.8 Å². The molecular formula is C24H18BrN3O3. The number of amides is 2. The van der Waals surface area contributed by atoms with Crippen molar-refractivity contribution in [2.75, 3.05) is 13.2 Å². The number of nitrogens with one attached hydrogen (secondary N) is 1. The van der Waals surface area contributed by atoms with Gasteiger partial charge in [0.25, 0.3) is 11.8 Å². The maximum atomic E-state index is 12.5. The summed E-state index contributed by atoms with van der Waals surface area (Å²) in [5.74, 6) is 0.899. The fourth-order valence-electron chi connectivity index (χ4n) is 3.76. The van der Waals surface area contributed by atoms with Gasteiger partial charge in [0.1, 0.15) is 11.6 Å². The number of nitrogens with zero attached hydrogens (tertiary/aromatic N) is 2. The van der Waals surface area contributed by atoms with Gasteiger partial charge in [-0.2, -0.15) is 0 Å². The van der Waals surface area contributed by atoms with Crippen molar-refractivity contribution in [3.63, 3.8) is 0 Å². The van der Waals surface area contributed by atoms with Crippen LogP contribution in [0.2, 0.25) is 0 Å². The third kappa shape index (κ3) is 3.51. The Morgan fingerprint density at radius 1 is 0.871 bits per heavy atom. The molecule has 31 heavy (non-hydrogen) atoms. The summed E-state index contributed by atoms with van der Waals surface area (Å²) in [5, 5.41) is 0. The first-order valence-electron chi connectivity index (χ1n) is 9.95. The number of carbonyl (C=O) groups excluding carboxylic acids is 2. The molecule has 2 amide bonds. The Kier molecular flexibility index (Phi) is 5.03. The molecule has 1 aliphatic heterocycles. The molecule has 4 aromatic rings. The number of H-pyrrole nitrogens is 1. The fraction of sp³-hybridized carbons (Fsp3) is 0.125. The fourth-order valence-corrected chi connectivity index (χ4v) is 4.24. The van der Waals surface area contributed by atoms with Gasteiger partial charge in [-0.1, -0.05) is 30.3 Å². The number of aromatic amines is 1. The maximum Gasteiger partial charge on any atom is 0.261 e. The van der Waals surface area contributed by atoms with Crippen molar-refractivity contribution in [2.24, 2.45) is 0 Å². The van der Waals surface area contributed by atoms with Crippen LogP contribution in [0.3, 0.4) is 0 Å². The Hall–Kier alpha value is -3.45. The monoisotopic (exact) mass is 475 g/mol. The van der Waals surface area contributed by atoms with Gasteiger partial charge in [0, 0.05) is 6.54 Å². The number of hydrogen-bond acceptors (Lipinski definition) is 4. The van der Waals surface area contributed by atoms with Crippen molar-refractivity contribution in [2.45, 2.75) is 6.42 Å². The van der Waals surface area contributed by atoms with Crippen LogP contribution in [0, 0.1) is 0 Å². The van der Waals surface area contributed by atoms with Gasteiger partial charge in [0.2, 0.25) is 0 Å². The first-order chi connectivity index (χ1) is 15.1. The summed E-state index contributed by atoms with van der Waals surface area (Å²) in [6, 6.07) is 20.5. The zero-order valence-corrected chi connectivity index (χ0v) is 18.1. The van der Waals surface area contributed by atoms with Crippen LogP contribution in [-0.4, -0.2) is 39.8 Å². The predicted octanol–water partition coefficient (Wildman–Crippen LogP) is 5.06. The smallest absolute Gasteiger partial charge is 0.261 e. The minimum atomic E-state index is -0.246. The number of benzene rings is 3. The summed E-state index contributed by atoms with van der Waals surface area (Å²) in [6.45, 7) is 0.653. The first-order valence-corrected chi connectivity index (χ1v) is 10.7. The average Bonchev–Trinajstić information content (AvgIpc) is 3.32. The quantitative estimate of drug-likeness (QED) is 0.312. The van der Waals surface area contributed by atoms with Gasteiger partial charge in [-0.3, -0.25) is 14.5 Å². The molecule has 1 aromatic heterocycles. The largest absolute Gasteiger partial charge is 0.492 e. The summed E-state index contributed by atoms with van der Waals surface area (Å²) in [5.41, 5.74) is 3.60. The normalized spacial score (nSPS) is 13.1. The number of carbonyl (C=O) groups is 2. The second kappa shape index (κ2) is 8.00. The number of rotatable bonds is 6. The number of para-hydroxylation sites is 3. The minimum absolute atomic E-state index is 0.246. The number of hydrogen-bond donors (Lipinski definition) is 1. The first kappa shape index (κ1) is 19.5. The van der Waals surface area contributed by atoms with Crippen LogP contribution in [0.15, 0.2) is 71.2 Å². The van der Waals surface area contributed by atoms with E-state index < -0.39 is 0 Å². The summed E-state index contributed by atoms with van der Waals surface area (Å²) in [4.78, 5) is 34.3. The van der Waals surface area contributed by atoms with E-state index in [0.29, 0.717) is 36.4 Å². The van der Waals surface area contributed by atoms with E-state index in [-0.39, 0.29) is 11.8 Å². The molecule has 1 aliphatic rings. The van der Waals surface area contributed by atoms with Gasteiger partial charge in [-0.15, -0.1) is 0 Å². The number of ether oxygens (including phenoxy) is 1. The predicted molar refractivity (Wildman–Crippen MR) is 121 cm³/mol. The average molecular weight is 476 g/mol. The molecule has 0 saturated carbocycles. The van der Waals surface area contributed by atoms with Crippen LogP contribution in [0.5, 0.6) is 5.75 Å². The van der Waals surface area contributed by atoms with E-state index in [0.717, 1.165) is 26.9 Å². The Morgan fingerprint density at radius 3 is 2.29 bits per heavy atom. The Morgan fingerprint density at radius 2 is 1.55 bits per heavy atom. The molecule has 0 radical (unpaired) electrons. The van der Waals surface area contributed by atoms with Crippen LogP contribution >= 0.6 is 15.9 Å². The number of imidazole rings is 1. The van der Waals surface area contributed by atoms with Crippen molar-refractivity contribution in [1.29, 1.82) is 0 Å². The third-order valence-electron chi connectivity index (χ3n) is 5.26. The van der Waals surface area contributed by atoms with Crippen LogP contribution in [-0.2, 0) is 0 Å². The topological polar surface area (TPSA) is 75.3 Å². The van der Waals surface area contributed by atoms with Crippen LogP contribution in [0.1, 0.15) is 27.1 Å². The second-order valence-electron chi connectivity index (χ2n) is 7.23. The molecule has 0 unspecified atom stereocenters.